The number of fused-ring (bicyclic) bond motifs is 1. The molecular weight excluding hydrogens is 380 g/mol. The van der Waals surface area contributed by atoms with Gasteiger partial charge in [-0.3, -0.25) is 4.90 Å². The van der Waals surface area contributed by atoms with E-state index in [0.29, 0.717) is 12.0 Å². The molecule has 1 unspecified atom stereocenters. The number of aryl methyl sites for hydroxylation is 2. The molecule has 1 saturated heterocycles. The summed E-state index contributed by atoms with van der Waals surface area (Å²) in [4.78, 5) is 14.8. The molecule has 3 aromatic rings. The van der Waals surface area contributed by atoms with Gasteiger partial charge in [0, 0.05) is 18.0 Å². The average Bonchev–Trinajstić information content (AvgIpc) is 3.53. The number of nitrogens with one attached hydrogen (secondary N) is 1. The molecule has 0 spiro atoms. The molecule has 0 radical (unpaired) electrons. The predicted octanol–water partition coefficient (Wildman–Crippen LogP) is 4.70. The van der Waals surface area contributed by atoms with E-state index in [1.807, 2.05) is 0 Å². The van der Waals surface area contributed by atoms with Crippen molar-refractivity contribution in [2.75, 3.05) is 31.6 Å². The van der Waals surface area contributed by atoms with Crippen molar-refractivity contribution in [1.29, 1.82) is 0 Å². The molecule has 6 heteroatoms. The van der Waals surface area contributed by atoms with Crippen molar-refractivity contribution in [2.24, 2.45) is 5.92 Å². The molecule has 2 fully saturated rings. The number of hydrogen-bond acceptors (Lipinski definition) is 6. The first-order valence-electron chi connectivity index (χ1n) is 10.6. The van der Waals surface area contributed by atoms with Crippen molar-refractivity contribution < 1.29 is 4.74 Å². The van der Waals surface area contributed by atoms with Crippen LogP contribution in [0.25, 0.3) is 10.2 Å². The highest BCUT2D eigenvalue weighted by atomic mass is 32.1. The van der Waals surface area contributed by atoms with Crippen molar-refractivity contribution in [3.63, 3.8) is 0 Å². The zero-order valence-electron chi connectivity index (χ0n) is 17.1. The van der Waals surface area contributed by atoms with Gasteiger partial charge in [0.1, 0.15) is 16.5 Å². The van der Waals surface area contributed by atoms with Crippen LogP contribution in [-0.2, 0) is 11.3 Å². The van der Waals surface area contributed by atoms with Crippen LogP contribution in [-0.4, -0.2) is 41.2 Å². The van der Waals surface area contributed by atoms with Crippen LogP contribution < -0.4 is 5.32 Å². The lowest BCUT2D eigenvalue weighted by Crippen LogP contribution is -2.36. The second kappa shape index (κ2) is 8.01. The van der Waals surface area contributed by atoms with Crippen LogP contribution in [0, 0.1) is 19.8 Å². The maximum absolute atomic E-state index is 5.49. The van der Waals surface area contributed by atoms with E-state index >= 15 is 0 Å². The maximum atomic E-state index is 5.49. The summed E-state index contributed by atoms with van der Waals surface area (Å²) in [5, 5.41) is 5.04. The largest absolute Gasteiger partial charge is 0.379 e. The Morgan fingerprint density at radius 3 is 2.62 bits per heavy atom. The van der Waals surface area contributed by atoms with E-state index in [-0.39, 0.29) is 0 Å². The van der Waals surface area contributed by atoms with Gasteiger partial charge in [0.05, 0.1) is 31.2 Å². The highest BCUT2D eigenvalue weighted by Crippen LogP contribution is 2.44. The van der Waals surface area contributed by atoms with Crippen molar-refractivity contribution in [3.8, 4) is 0 Å². The van der Waals surface area contributed by atoms with Gasteiger partial charge in [-0.2, -0.15) is 0 Å². The van der Waals surface area contributed by atoms with Gasteiger partial charge in [-0.25, -0.2) is 9.97 Å². The fourth-order valence-electron chi connectivity index (χ4n) is 4.14. The highest BCUT2D eigenvalue weighted by molar-refractivity contribution is 7.18. The summed E-state index contributed by atoms with van der Waals surface area (Å²) in [5.74, 6) is 2.59. The van der Waals surface area contributed by atoms with E-state index in [9.17, 15) is 0 Å². The van der Waals surface area contributed by atoms with Gasteiger partial charge in [-0.05, 0) is 43.7 Å². The molecule has 1 saturated carbocycles. The molecule has 29 heavy (non-hydrogen) atoms. The quantitative estimate of drug-likeness (QED) is 0.640. The molecule has 0 amide bonds. The number of rotatable bonds is 6. The van der Waals surface area contributed by atoms with E-state index < -0.39 is 0 Å². The second-order valence-corrected chi connectivity index (χ2v) is 9.41. The summed E-state index contributed by atoms with van der Waals surface area (Å²) in [6.45, 7) is 8.64. The Morgan fingerprint density at radius 1 is 1.14 bits per heavy atom. The Kier molecular flexibility index (Phi) is 5.24. The number of aromatic nitrogens is 2. The van der Waals surface area contributed by atoms with E-state index in [0.717, 1.165) is 49.3 Å². The van der Waals surface area contributed by atoms with Crippen LogP contribution in [0.15, 0.2) is 30.3 Å². The fraction of sp³-hybridized carbons (Fsp3) is 0.478. The molecule has 0 bridgehead atoms. The first-order chi connectivity index (χ1) is 14.2. The van der Waals surface area contributed by atoms with Crippen LogP contribution in [0.5, 0.6) is 0 Å². The van der Waals surface area contributed by atoms with Gasteiger partial charge in [0.15, 0.2) is 0 Å². The van der Waals surface area contributed by atoms with Gasteiger partial charge in [0.25, 0.3) is 0 Å². The monoisotopic (exact) mass is 408 g/mol. The number of thiophene rings is 1. The van der Waals surface area contributed by atoms with Crippen molar-refractivity contribution in [3.05, 3.63) is 52.2 Å². The number of nitrogens with zero attached hydrogens (tertiary/aromatic N) is 3. The lowest BCUT2D eigenvalue weighted by atomic mass is 10.0. The molecule has 2 aromatic heterocycles. The van der Waals surface area contributed by atoms with Crippen LogP contribution in [0.4, 0.5) is 5.82 Å². The van der Waals surface area contributed by atoms with Gasteiger partial charge < -0.3 is 10.1 Å². The molecule has 3 heterocycles. The summed E-state index contributed by atoms with van der Waals surface area (Å²) in [7, 11) is 0. The Labute approximate surface area is 176 Å². The first-order valence-corrected chi connectivity index (χ1v) is 11.4. The minimum atomic E-state index is 0.310. The third kappa shape index (κ3) is 4.02. The number of hydrogen-bond donors (Lipinski definition) is 1. The molecule has 1 atom stereocenters. The van der Waals surface area contributed by atoms with Crippen molar-refractivity contribution >= 4 is 27.4 Å². The predicted molar refractivity (Wildman–Crippen MR) is 119 cm³/mol. The SMILES string of the molecule is Cc1sc2nc(CN3CCOCC3)nc(NC(c3ccccc3)C3CC3)c2c1C. The van der Waals surface area contributed by atoms with Gasteiger partial charge in [-0.15, -0.1) is 11.3 Å². The fourth-order valence-corrected chi connectivity index (χ4v) is 5.19. The van der Waals surface area contributed by atoms with Crippen LogP contribution >= 0.6 is 11.3 Å². The Balaban J connectivity index is 1.52. The Hall–Kier alpha value is -2.02. The highest BCUT2D eigenvalue weighted by Gasteiger charge is 2.33. The topological polar surface area (TPSA) is 50.3 Å². The molecule has 5 nitrogen and oxygen atoms in total. The zero-order valence-corrected chi connectivity index (χ0v) is 18.0. The Morgan fingerprint density at radius 2 is 1.90 bits per heavy atom. The lowest BCUT2D eigenvalue weighted by Gasteiger charge is -2.26. The molecule has 1 aliphatic heterocycles. The van der Waals surface area contributed by atoms with E-state index in [2.05, 4.69) is 54.4 Å². The van der Waals surface area contributed by atoms with E-state index in [1.54, 1.807) is 11.3 Å². The normalized spacial score (nSPS) is 18.8. The second-order valence-electron chi connectivity index (χ2n) is 8.21. The number of benzene rings is 1. The van der Waals surface area contributed by atoms with Crippen molar-refractivity contribution in [2.45, 2.75) is 39.3 Å². The zero-order chi connectivity index (χ0) is 19.8. The number of ether oxygens (including phenoxy) is 1. The lowest BCUT2D eigenvalue weighted by molar-refractivity contribution is 0.0331. The van der Waals surface area contributed by atoms with Crippen LogP contribution in [0.1, 0.15) is 40.7 Å². The average molecular weight is 409 g/mol. The number of morpholine rings is 1. The summed E-state index contributed by atoms with van der Waals surface area (Å²) in [6, 6.07) is 11.1. The summed E-state index contributed by atoms with van der Waals surface area (Å²) in [6.07, 6.45) is 2.56. The van der Waals surface area contributed by atoms with Gasteiger partial charge >= 0.3 is 0 Å². The van der Waals surface area contributed by atoms with Gasteiger partial charge in [-0.1, -0.05) is 30.3 Å². The number of anilines is 1. The summed E-state index contributed by atoms with van der Waals surface area (Å²) < 4.78 is 5.49. The third-order valence-electron chi connectivity index (χ3n) is 6.09. The third-order valence-corrected chi connectivity index (χ3v) is 7.19. The van der Waals surface area contributed by atoms with E-state index in [1.165, 1.54) is 34.2 Å². The molecular formula is C23H28N4OS. The van der Waals surface area contributed by atoms with Crippen LogP contribution in [0.3, 0.4) is 0 Å². The van der Waals surface area contributed by atoms with Crippen molar-refractivity contribution in [1.82, 2.24) is 14.9 Å². The minimum absolute atomic E-state index is 0.310. The first kappa shape index (κ1) is 19.0. The van der Waals surface area contributed by atoms with Gasteiger partial charge in [0.2, 0.25) is 0 Å². The van der Waals surface area contributed by atoms with E-state index in [4.69, 9.17) is 14.7 Å². The van der Waals surface area contributed by atoms with Crippen LogP contribution in [0.2, 0.25) is 0 Å². The molecule has 152 valence electrons. The molecule has 1 N–H and O–H groups in total. The minimum Gasteiger partial charge on any atom is -0.379 e. The molecule has 2 aliphatic rings. The molecule has 5 rings (SSSR count). The molecule has 1 aromatic carbocycles. The molecule has 1 aliphatic carbocycles. The smallest absolute Gasteiger partial charge is 0.146 e. The maximum Gasteiger partial charge on any atom is 0.146 e. The summed E-state index contributed by atoms with van der Waals surface area (Å²) in [5.41, 5.74) is 2.65. The standard InChI is InChI=1S/C23H28N4OS/c1-15-16(2)29-23-20(15)22(24-19(25-23)14-27-10-12-28-13-11-27)26-21(18-8-9-18)17-6-4-3-5-7-17/h3-7,18,21H,8-14H2,1-2H3,(H,24,25,26). The Bertz CT molecular complexity index is 993. The summed E-state index contributed by atoms with van der Waals surface area (Å²) >= 11 is 1.78.